The zero-order chi connectivity index (χ0) is 10.5. The zero-order valence-corrected chi connectivity index (χ0v) is 8.90. The lowest BCUT2D eigenvalue weighted by Gasteiger charge is -2.23. The number of pyridine rings is 1. The van der Waals surface area contributed by atoms with Crippen LogP contribution in [0.1, 0.15) is 12.8 Å². The standard InChI is InChI=1S/C11H16N2O2/c1-14-11-5-4-9(7-12-11)13-10-3-2-6-15-8-10/h4-5,7,10,13H,2-3,6,8H2,1H3. The molecule has 4 heteroatoms. The molecule has 2 heterocycles. The molecule has 1 atom stereocenters. The van der Waals surface area contributed by atoms with Crippen LogP contribution in [0.5, 0.6) is 5.88 Å². The van der Waals surface area contributed by atoms with E-state index in [4.69, 9.17) is 9.47 Å². The molecule has 1 aliphatic heterocycles. The summed E-state index contributed by atoms with van der Waals surface area (Å²) in [6, 6.07) is 4.24. The van der Waals surface area contributed by atoms with Crippen LogP contribution in [0, 0.1) is 0 Å². The Labute approximate surface area is 89.6 Å². The van der Waals surface area contributed by atoms with E-state index in [2.05, 4.69) is 10.3 Å². The Morgan fingerprint density at radius 1 is 1.53 bits per heavy atom. The monoisotopic (exact) mass is 208 g/mol. The fourth-order valence-corrected chi connectivity index (χ4v) is 1.68. The van der Waals surface area contributed by atoms with Gasteiger partial charge in [-0.05, 0) is 18.9 Å². The average Bonchev–Trinajstić information content (AvgIpc) is 2.31. The third-order valence-corrected chi connectivity index (χ3v) is 2.48. The van der Waals surface area contributed by atoms with Gasteiger partial charge >= 0.3 is 0 Å². The van der Waals surface area contributed by atoms with Crippen LogP contribution in [0.2, 0.25) is 0 Å². The lowest BCUT2D eigenvalue weighted by atomic mass is 10.1. The van der Waals surface area contributed by atoms with Crippen molar-refractivity contribution in [3.63, 3.8) is 0 Å². The van der Waals surface area contributed by atoms with E-state index in [0.29, 0.717) is 11.9 Å². The number of nitrogens with zero attached hydrogens (tertiary/aromatic N) is 1. The minimum Gasteiger partial charge on any atom is -0.481 e. The summed E-state index contributed by atoms with van der Waals surface area (Å²) >= 11 is 0. The van der Waals surface area contributed by atoms with Crippen LogP contribution in [0.15, 0.2) is 18.3 Å². The van der Waals surface area contributed by atoms with Gasteiger partial charge in [0.2, 0.25) is 5.88 Å². The third kappa shape index (κ3) is 2.83. The van der Waals surface area contributed by atoms with Crippen molar-refractivity contribution in [1.29, 1.82) is 0 Å². The van der Waals surface area contributed by atoms with Crippen LogP contribution in [0.25, 0.3) is 0 Å². The van der Waals surface area contributed by atoms with Crippen molar-refractivity contribution in [2.45, 2.75) is 18.9 Å². The molecule has 1 aromatic heterocycles. The molecule has 0 bridgehead atoms. The van der Waals surface area contributed by atoms with Crippen LogP contribution in [0.4, 0.5) is 5.69 Å². The number of hydrogen-bond donors (Lipinski definition) is 1. The van der Waals surface area contributed by atoms with E-state index in [1.165, 1.54) is 0 Å². The van der Waals surface area contributed by atoms with Gasteiger partial charge in [0.25, 0.3) is 0 Å². The summed E-state index contributed by atoms with van der Waals surface area (Å²) in [6.45, 7) is 1.67. The molecule has 2 rings (SSSR count). The molecule has 1 unspecified atom stereocenters. The molecule has 1 fully saturated rings. The Balaban J connectivity index is 1.91. The zero-order valence-electron chi connectivity index (χ0n) is 8.90. The second kappa shape index (κ2) is 4.98. The molecule has 15 heavy (non-hydrogen) atoms. The summed E-state index contributed by atoms with van der Waals surface area (Å²) in [6.07, 6.45) is 4.07. The van der Waals surface area contributed by atoms with Crippen LogP contribution in [-0.4, -0.2) is 31.3 Å². The van der Waals surface area contributed by atoms with E-state index in [1.807, 2.05) is 12.1 Å². The Bertz CT molecular complexity index is 294. The van der Waals surface area contributed by atoms with Gasteiger partial charge in [-0.1, -0.05) is 0 Å². The molecule has 0 saturated carbocycles. The summed E-state index contributed by atoms with van der Waals surface area (Å²) < 4.78 is 10.4. The highest BCUT2D eigenvalue weighted by molar-refractivity contribution is 5.43. The van der Waals surface area contributed by atoms with Crippen molar-refractivity contribution < 1.29 is 9.47 Å². The molecule has 0 amide bonds. The Hall–Kier alpha value is -1.29. The van der Waals surface area contributed by atoms with Gasteiger partial charge in [0.05, 0.1) is 25.6 Å². The number of ether oxygens (including phenoxy) is 2. The second-order valence-electron chi connectivity index (χ2n) is 3.65. The molecule has 1 aromatic rings. The first-order valence-corrected chi connectivity index (χ1v) is 5.23. The molecular formula is C11H16N2O2. The molecule has 0 spiro atoms. The minimum absolute atomic E-state index is 0.411. The van der Waals surface area contributed by atoms with E-state index < -0.39 is 0 Å². The molecule has 1 N–H and O–H groups in total. The van der Waals surface area contributed by atoms with Gasteiger partial charge in [-0.15, -0.1) is 0 Å². The molecule has 82 valence electrons. The molecule has 1 aliphatic rings. The molecular weight excluding hydrogens is 192 g/mol. The van der Waals surface area contributed by atoms with Gasteiger partial charge < -0.3 is 14.8 Å². The maximum atomic E-state index is 5.39. The summed E-state index contributed by atoms with van der Waals surface area (Å²) in [4.78, 5) is 4.14. The molecule has 4 nitrogen and oxygen atoms in total. The van der Waals surface area contributed by atoms with Gasteiger partial charge in [0, 0.05) is 18.7 Å². The number of aromatic nitrogens is 1. The number of anilines is 1. The van der Waals surface area contributed by atoms with Crippen molar-refractivity contribution in [3.8, 4) is 5.88 Å². The highest BCUT2D eigenvalue weighted by atomic mass is 16.5. The van der Waals surface area contributed by atoms with Gasteiger partial charge in [-0.2, -0.15) is 0 Å². The first-order chi connectivity index (χ1) is 7.38. The van der Waals surface area contributed by atoms with E-state index in [9.17, 15) is 0 Å². The van der Waals surface area contributed by atoms with E-state index in [1.54, 1.807) is 13.3 Å². The van der Waals surface area contributed by atoms with Crippen molar-refractivity contribution >= 4 is 5.69 Å². The van der Waals surface area contributed by atoms with Gasteiger partial charge in [-0.3, -0.25) is 0 Å². The maximum Gasteiger partial charge on any atom is 0.213 e. The molecule has 0 radical (unpaired) electrons. The van der Waals surface area contributed by atoms with E-state index >= 15 is 0 Å². The first kappa shape index (κ1) is 10.2. The van der Waals surface area contributed by atoms with Crippen LogP contribution >= 0.6 is 0 Å². The third-order valence-electron chi connectivity index (χ3n) is 2.48. The van der Waals surface area contributed by atoms with Gasteiger partial charge in [0.1, 0.15) is 0 Å². The number of nitrogens with one attached hydrogen (secondary N) is 1. The smallest absolute Gasteiger partial charge is 0.213 e. The lowest BCUT2D eigenvalue weighted by molar-refractivity contribution is 0.0876. The highest BCUT2D eigenvalue weighted by Gasteiger charge is 2.13. The highest BCUT2D eigenvalue weighted by Crippen LogP contribution is 2.15. The average molecular weight is 208 g/mol. The minimum atomic E-state index is 0.411. The Morgan fingerprint density at radius 3 is 3.07 bits per heavy atom. The van der Waals surface area contributed by atoms with Crippen molar-refractivity contribution in [2.75, 3.05) is 25.6 Å². The molecule has 1 saturated heterocycles. The van der Waals surface area contributed by atoms with E-state index in [-0.39, 0.29) is 0 Å². The van der Waals surface area contributed by atoms with Crippen molar-refractivity contribution in [2.24, 2.45) is 0 Å². The maximum absolute atomic E-state index is 5.39. The predicted octanol–water partition coefficient (Wildman–Crippen LogP) is 1.68. The number of rotatable bonds is 3. The largest absolute Gasteiger partial charge is 0.481 e. The molecule has 0 aromatic carbocycles. The number of methoxy groups -OCH3 is 1. The van der Waals surface area contributed by atoms with Crippen LogP contribution in [-0.2, 0) is 4.74 Å². The first-order valence-electron chi connectivity index (χ1n) is 5.23. The van der Waals surface area contributed by atoms with Crippen molar-refractivity contribution in [3.05, 3.63) is 18.3 Å². The quantitative estimate of drug-likeness (QED) is 0.820. The van der Waals surface area contributed by atoms with Gasteiger partial charge in [0.15, 0.2) is 0 Å². The van der Waals surface area contributed by atoms with Crippen LogP contribution < -0.4 is 10.1 Å². The summed E-state index contributed by atoms with van der Waals surface area (Å²) in [7, 11) is 1.62. The molecule has 0 aliphatic carbocycles. The second-order valence-corrected chi connectivity index (χ2v) is 3.65. The normalized spacial score (nSPS) is 21.0. The van der Waals surface area contributed by atoms with Crippen LogP contribution in [0.3, 0.4) is 0 Å². The SMILES string of the molecule is COc1ccc(NC2CCCOC2)cn1. The van der Waals surface area contributed by atoms with E-state index in [0.717, 1.165) is 31.7 Å². The Kier molecular flexibility index (Phi) is 3.40. The predicted molar refractivity (Wildman–Crippen MR) is 58.3 cm³/mol. The summed E-state index contributed by atoms with van der Waals surface area (Å²) in [5.41, 5.74) is 1.02. The topological polar surface area (TPSA) is 43.4 Å². The fraction of sp³-hybridized carbons (Fsp3) is 0.545. The summed E-state index contributed by atoms with van der Waals surface area (Å²) in [5.74, 6) is 0.639. The number of hydrogen-bond acceptors (Lipinski definition) is 4. The lowest BCUT2D eigenvalue weighted by Crippen LogP contribution is -2.29. The fourth-order valence-electron chi connectivity index (χ4n) is 1.68. The Morgan fingerprint density at radius 2 is 2.47 bits per heavy atom. The van der Waals surface area contributed by atoms with Crippen molar-refractivity contribution in [1.82, 2.24) is 4.98 Å². The summed E-state index contributed by atoms with van der Waals surface area (Å²) in [5, 5.41) is 3.39. The van der Waals surface area contributed by atoms with Gasteiger partial charge in [-0.25, -0.2) is 4.98 Å².